The van der Waals surface area contributed by atoms with Gasteiger partial charge in [-0.25, -0.2) is 4.79 Å². The van der Waals surface area contributed by atoms with Gasteiger partial charge in [0.05, 0.1) is 12.7 Å². The van der Waals surface area contributed by atoms with Gasteiger partial charge in [-0.1, -0.05) is 6.07 Å². The molecule has 0 saturated carbocycles. The van der Waals surface area contributed by atoms with Crippen LogP contribution in [0.2, 0.25) is 0 Å². The van der Waals surface area contributed by atoms with Crippen molar-refractivity contribution in [3.8, 4) is 0 Å². The number of aromatic carboxylic acids is 1. The fraction of sp³-hybridized carbons (Fsp3) is 0.111. The van der Waals surface area contributed by atoms with Crippen LogP contribution in [-0.4, -0.2) is 17.0 Å². The number of aryl methyl sites for hydroxylation is 1. The molecule has 0 aliphatic rings. The molecule has 0 atom stereocenters. The predicted molar refractivity (Wildman–Crippen MR) is 97.9 cm³/mol. The summed E-state index contributed by atoms with van der Waals surface area (Å²) in [5.74, 6) is -1.00. The van der Waals surface area contributed by atoms with Crippen molar-refractivity contribution in [1.29, 1.82) is 0 Å². The first-order valence-electron chi connectivity index (χ1n) is 7.41. The first-order chi connectivity index (χ1) is 12.0. The van der Waals surface area contributed by atoms with E-state index in [0.717, 1.165) is 10.6 Å². The third kappa shape index (κ3) is 5.82. The van der Waals surface area contributed by atoms with Crippen LogP contribution >= 0.6 is 11.3 Å². The molecule has 1 amide bonds. The molecule has 4 N–H and O–H groups in total. The third-order valence-corrected chi connectivity index (χ3v) is 4.04. The number of carboxylic acid groups (broad SMARTS) is 1. The molecule has 0 bridgehead atoms. The van der Waals surface area contributed by atoms with Gasteiger partial charge in [0.1, 0.15) is 0 Å². The maximum absolute atomic E-state index is 11.6. The zero-order chi connectivity index (χ0) is 18.2. The molecule has 0 saturated heterocycles. The number of hydrogen-bond donors (Lipinski definition) is 3. The Morgan fingerprint density at radius 3 is 2.40 bits per heavy atom. The lowest BCUT2D eigenvalue weighted by atomic mass is 10.2. The molecule has 1 aromatic carbocycles. The molecule has 0 unspecified atom stereocenters. The number of furan rings is 1. The van der Waals surface area contributed by atoms with Crippen molar-refractivity contribution in [3.05, 3.63) is 70.3 Å². The molecule has 7 heteroatoms. The Morgan fingerprint density at radius 2 is 1.92 bits per heavy atom. The van der Waals surface area contributed by atoms with E-state index >= 15 is 0 Å². The number of thiophene rings is 1. The van der Waals surface area contributed by atoms with Gasteiger partial charge in [0.15, 0.2) is 0 Å². The van der Waals surface area contributed by atoms with Crippen LogP contribution in [0.5, 0.6) is 0 Å². The quantitative estimate of drug-likeness (QED) is 0.615. The lowest BCUT2D eigenvalue weighted by Gasteiger charge is -2.04. The first kappa shape index (κ1) is 18.3. The van der Waals surface area contributed by atoms with E-state index in [1.807, 2.05) is 17.5 Å². The zero-order valence-corrected chi connectivity index (χ0v) is 14.4. The minimum atomic E-state index is -1.02. The molecule has 25 heavy (non-hydrogen) atoms. The standard InChI is InChI=1S/C12H12N2OS.C6H6O3/c13-9-3-5-10(6-4-9)14-12(15)8-11-2-1-7-16-11;1-4-2-3-9-5(4)6(7)8/h1-7H,8,13H2,(H,14,15);2-3H,1H3,(H,7,8). The average Bonchev–Trinajstić information content (AvgIpc) is 3.21. The second-order valence-corrected chi connectivity index (χ2v) is 6.20. The van der Waals surface area contributed by atoms with Crippen LogP contribution in [0.1, 0.15) is 21.0 Å². The SMILES string of the molecule is Cc1ccoc1C(=O)O.Nc1ccc(NC(=O)Cc2cccs2)cc1. The molecule has 3 aromatic rings. The van der Waals surface area contributed by atoms with Crippen LogP contribution in [0.25, 0.3) is 0 Å². The van der Waals surface area contributed by atoms with E-state index in [-0.39, 0.29) is 11.7 Å². The summed E-state index contributed by atoms with van der Waals surface area (Å²) < 4.78 is 4.63. The van der Waals surface area contributed by atoms with E-state index in [2.05, 4.69) is 9.73 Å². The van der Waals surface area contributed by atoms with Crippen LogP contribution in [-0.2, 0) is 11.2 Å². The van der Waals surface area contributed by atoms with Gasteiger partial charge in [-0.2, -0.15) is 0 Å². The van der Waals surface area contributed by atoms with Gasteiger partial charge < -0.3 is 20.6 Å². The number of carbonyl (C=O) groups excluding carboxylic acids is 1. The van der Waals surface area contributed by atoms with Crippen LogP contribution in [0.4, 0.5) is 11.4 Å². The summed E-state index contributed by atoms with van der Waals surface area (Å²) in [7, 11) is 0. The smallest absolute Gasteiger partial charge is 0.372 e. The number of nitrogens with one attached hydrogen (secondary N) is 1. The highest BCUT2D eigenvalue weighted by Crippen LogP contribution is 2.13. The first-order valence-corrected chi connectivity index (χ1v) is 8.29. The van der Waals surface area contributed by atoms with E-state index in [1.54, 1.807) is 48.6 Å². The molecule has 0 fully saturated rings. The molecule has 2 heterocycles. The van der Waals surface area contributed by atoms with E-state index in [1.165, 1.54) is 6.26 Å². The van der Waals surface area contributed by atoms with Crippen LogP contribution in [0.15, 0.2) is 58.5 Å². The van der Waals surface area contributed by atoms with Gasteiger partial charge in [0.25, 0.3) is 0 Å². The Labute approximate surface area is 148 Å². The van der Waals surface area contributed by atoms with Crippen molar-refractivity contribution in [1.82, 2.24) is 0 Å². The van der Waals surface area contributed by atoms with Crippen molar-refractivity contribution in [3.63, 3.8) is 0 Å². The number of benzene rings is 1. The lowest BCUT2D eigenvalue weighted by molar-refractivity contribution is -0.115. The maximum Gasteiger partial charge on any atom is 0.372 e. The molecule has 3 rings (SSSR count). The summed E-state index contributed by atoms with van der Waals surface area (Å²) in [6.45, 7) is 1.69. The highest BCUT2D eigenvalue weighted by atomic mass is 32.1. The van der Waals surface area contributed by atoms with Gasteiger partial charge >= 0.3 is 5.97 Å². The minimum Gasteiger partial charge on any atom is -0.475 e. The van der Waals surface area contributed by atoms with Gasteiger partial charge in [-0.05, 0) is 48.7 Å². The van der Waals surface area contributed by atoms with E-state index in [0.29, 0.717) is 17.7 Å². The highest BCUT2D eigenvalue weighted by Gasteiger charge is 2.08. The summed E-state index contributed by atoms with van der Waals surface area (Å²) in [5, 5.41) is 13.1. The second-order valence-electron chi connectivity index (χ2n) is 5.16. The molecule has 0 aliphatic carbocycles. The fourth-order valence-corrected chi connectivity index (χ4v) is 2.64. The molecular formula is C18H18N2O4S. The molecule has 2 aromatic heterocycles. The summed E-state index contributed by atoms with van der Waals surface area (Å²) in [5.41, 5.74) is 7.68. The Hall–Kier alpha value is -3.06. The van der Waals surface area contributed by atoms with Gasteiger partial charge in [-0.15, -0.1) is 11.3 Å². The van der Waals surface area contributed by atoms with Crippen molar-refractivity contribution in [2.75, 3.05) is 11.1 Å². The van der Waals surface area contributed by atoms with Gasteiger partial charge in [-0.3, -0.25) is 4.79 Å². The largest absolute Gasteiger partial charge is 0.475 e. The van der Waals surface area contributed by atoms with Crippen molar-refractivity contribution in [2.45, 2.75) is 13.3 Å². The Bertz CT molecular complexity index is 823. The van der Waals surface area contributed by atoms with Crippen LogP contribution in [0, 0.1) is 6.92 Å². The van der Waals surface area contributed by atoms with E-state index in [4.69, 9.17) is 10.8 Å². The lowest BCUT2D eigenvalue weighted by Crippen LogP contribution is -2.13. The monoisotopic (exact) mass is 358 g/mol. The number of rotatable bonds is 4. The summed E-state index contributed by atoms with van der Waals surface area (Å²) in [6.07, 6.45) is 1.78. The Kier molecular flexibility index (Phi) is 6.36. The molecule has 130 valence electrons. The summed E-state index contributed by atoms with van der Waals surface area (Å²) in [6, 6.07) is 12.6. The molecule has 0 aliphatic heterocycles. The van der Waals surface area contributed by atoms with Crippen LogP contribution in [0.3, 0.4) is 0 Å². The molecule has 0 spiro atoms. The predicted octanol–water partition coefficient (Wildman–Crippen LogP) is 3.80. The zero-order valence-electron chi connectivity index (χ0n) is 13.6. The number of nitrogen functional groups attached to an aromatic ring is 1. The average molecular weight is 358 g/mol. The summed E-state index contributed by atoms with van der Waals surface area (Å²) in [4.78, 5) is 22.9. The number of hydrogen-bond acceptors (Lipinski definition) is 5. The Morgan fingerprint density at radius 1 is 1.20 bits per heavy atom. The van der Waals surface area contributed by atoms with E-state index in [9.17, 15) is 9.59 Å². The van der Waals surface area contributed by atoms with Gasteiger partial charge in [0, 0.05) is 21.8 Å². The highest BCUT2D eigenvalue weighted by molar-refractivity contribution is 7.10. The number of carboxylic acids is 1. The number of carbonyl (C=O) groups is 2. The third-order valence-electron chi connectivity index (χ3n) is 3.17. The molecular weight excluding hydrogens is 340 g/mol. The van der Waals surface area contributed by atoms with Crippen molar-refractivity contribution < 1.29 is 19.1 Å². The minimum absolute atomic E-state index is 0.00720. The molecule has 6 nitrogen and oxygen atoms in total. The fourth-order valence-electron chi connectivity index (χ4n) is 1.93. The summed E-state index contributed by atoms with van der Waals surface area (Å²) >= 11 is 1.58. The van der Waals surface area contributed by atoms with Crippen molar-refractivity contribution in [2.24, 2.45) is 0 Å². The number of anilines is 2. The topological polar surface area (TPSA) is 106 Å². The number of nitrogens with two attached hydrogens (primary N) is 1. The Balaban J connectivity index is 0.000000212. The maximum atomic E-state index is 11.6. The van der Waals surface area contributed by atoms with E-state index < -0.39 is 5.97 Å². The van der Waals surface area contributed by atoms with Gasteiger partial charge in [0.2, 0.25) is 11.7 Å². The second kappa shape index (κ2) is 8.70. The molecule has 0 radical (unpaired) electrons. The van der Waals surface area contributed by atoms with Crippen LogP contribution < -0.4 is 11.1 Å². The number of amides is 1. The van der Waals surface area contributed by atoms with Crippen molar-refractivity contribution >= 4 is 34.6 Å². The normalized spacial score (nSPS) is 9.80.